The summed E-state index contributed by atoms with van der Waals surface area (Å²) >= 11 is 0. The van der Waals surface area contributed by atoms with Gasteiger partial charge in [0, 0.05) is 25.2 Å². The van der Waals surface area contributed by atoms with E-state index < -0.39 is 0 Å². The fourth-order valence-electron chi connectivity index (χ4n) is 3.42. The number of nitrogens with two attached hydrogens (primary N) is 1. The van der Waals surface area contributed by atoms with E-state index in [1.165, 1.54) is 38.5 Å². The number of hydrogen-bond donors (Lipinski definition) is 1. The van der Waals surface area contributed by atoms with Crippen molar-refractivity contribution in [3.63, 3.8) is 0 Å². The summed E-state index contributed by atoms with van der Waals surface area (Å²) in [5.74, 6) is 0. The van der Waals surface area contributed by atoms with Crippen molar-refractivity contribution in [2.45, 2.75) is 64.0 Å². The Morgan fingerprint density at radius 1 is 1.22 bits per heavy atom. The Hall–Kier alpha value is -0.120. The molecule has 0 aromatic rings. The average molecular weight is 254 g/mol. The van der Waals surface area contributed by atoms with Crippen molar-refractivity contribution in [1.82, 2.24) is 4.90 Å². The van der Waals surface area contributed by atoms with Gasteiger partial charge in [0.25, 0.3) is 0 Å². The second kappa shape index (κ2) is 5.48. The zero-order chi connectivity index (χ0) is 13.2. The van der Waals surface area contributed by atoms with E-state index in [1.807, 2.05) is 0 Å². The molecule has 2 N–H and O–H groups in total. The summed E-state index contributed by atoms with van der Waals surface area (Å²) in [7, 11) is 2.24. The summed E-state index contributed by atoms with van der Waals surface area (Å²) in [6, 6.07) is 0. The molecule has 0 radical (unpaired) electrons. The Morgan fingerprint density at radius 3 is 2.39 bits per heavy atom. The molecule has 2 aliphatic rings. The molecule has 0 aromatic heterocycles. The van der Waals surface area contributed by atoms with Gasteiger partial charge in [-0.25, -0.2) is 0 Å². The van der Waals surface area contributed by atoms with Crippen LogP contribution in [0.4, 0.5) is 0 Å². The van der Waals surface area contributed by atoms with E-state index in [2.05, 4.69) is 25.8 Å². The maximum Gasteiger partial charge on any atom is 0.0702 e. The van der Waals surface area contributed by atoms with Gasteiger partial charge in [-0.2, -0.15) is 0 Å². The lowest BCUT2D eigenvalue weighted by Crippen LogP contribution is -2.56. The largest absolute Gasteiger partial charge is 0.377 e. The first kappa shape index (κ1) is 14.3. The summed E-state index contributed by atoms with van der Waals surface area (Å²) in [5.41, 5.74) is 6.85. The van der Waals surface area contributed by atoms with Gasteiger partial charge in [0.05, 0.1) is 6.10 Å². The van der Waals surface area contributed by atoms with Gasteiger partial charge in [0.1, 0.15) is 0 Å². The quantitative estimate of drug-likeness (QED) is 0.837. The lowest BCUT2D eigenvalue weighted by molar-refractivity contribution is 0.00194. The third kappa shape index (κ3) is 3.06. The van der Waals surface area contributed by atoms with E-state index in [0.29, 0.717) is 11.5 Å². The van der Waals surface area contributed by atoms with Crippen molar-refractivity contribution in [1.29, 1.82) is 0 Å². The normalized spacial score (nSPS) is 30.8. The highest BCUT2D eigenvalue weighted by Crippen LogP contribution is 2.42. The molecule has 1 saturated heterocycles. The van der Waals surface area contributed by atoms with Crippen molar-refractivity contribution >= 4 is 0 Å². The highest BCUT2D eigenvalue weighted by atomic mass is 16.5. The zero-order valence-corrected chi connectivity index (χ0v) is 12.4. The fourth-order valence-corrected chi connectivity index (χ4v) is 3.42. The molecule has 1 heterocycles. The topological polar surface area (TPSA) is 38.5 Å². The molecule has 1 unspecified atom stereocenters. The molecule has 1 saturated carbocycles. The molecule has 1 atom stereocenters. The Kier molecular flexibility index (Phi) is 4.35. The zero-order valence-electron chi connectivity index (χ0n) is 12.4. The van der Waals surface area contributed by atoms with Crippen molar-refractivity contribution in [3.05, 3.63) is 0 Å². The summed E-state index contributed by atoms with van der Waals surface area (Å²) in [4.78, 5) is 2.50. The van der Waals surface area contributed by atoms with E-state index in [9.17, 15) is 0 Å². The molecule has 18 heavy (non-hydrogen) atoms. The van der Waals surface area contributed by atoms with Gasteiger partial charge in [0.2, 0.25) is 0 Å². The molecule has 106 valence electrons. The van der Waals surface area contributed by atoms with Crippen molar-refractivity contribution in [2.75, 3.05) is 26.7 Å². The van der Waals surface area contributed by atoms with Gasteiger partial charge in [-0.05, 0) is 51.0 Å². The third-order valence-corrected chi connectivity index (χ3v) is 5.23. The fraction of sp³-hybridized carbons (Fsp3) is 1.00. The van der Waals surface area contributed by atoms with Crippen molar-refractivity contribution < 1.29 is 4.74 Å². The number of likely N-dealkylation sites (N-methyl/N-ethyl adjacent to an activating group) is 1. The minimum Gasteiger partial charge on any atom is -0.377 e. The van der Waals surface area contributed by atoms with Crippen LogP contribution < -0.4 is 5.73 Å². The smallest absolute Gasteiger partial charge is 0.0702 e. The number of rotatable bonds is 4. The van der Waals surface area contributed by atoms with Crippen LogP contribution in [0.2, 0.25) is 0 Å². The van der Waals surface area contributed by atoms with Gasteiger partial charge in [-0.15, -0.1) is 0 Å². The van der Waals surface area contributed by atoms with Crippen LogP contribution in [0.5, 0.6) is 0 Å². The molecule has 1 aliphatic carbocycles. The first-order chi connectivity index (χ1) is 8.47. The van der Waals surface area contributed by atoms with Crippen LogP contribution >= 0.6 is 0 Å². The average Bonchev–Trinajstić information content (AvgIpc) is 2.82. The molecule has 2 rings (SSSR count). The lowest BCUT2D eigenvalue weighted by atomic mass is 9.68. The second-order valence-electron chi connectivity index (χ2n) is 7.11. The van der Waals surface area contributed by atoms with Crippen LogP contribution in [-0.4, -0.2) is 43.3 Å². The molecule has 0 spiro atoms. The third-order valence-electron chi connectivity index (χ3n) is 5.23. The monoisotopic (exact) mass is 254 g/mol. The van der Waals surface area contributed by atoms with Crippen LogP contribution in [0.3, 0.4) is 0 Å². The predicted molar refractivity (Wildman–Crippen MR) is 75.6 cm³/mol. The molecule has 2 fully saturated rings. The van der Waals surface area contributed by atoms with Crippen LogP contribution in [0.15, 0.2) is 0 Å². The summed E-state index contributed by atoms with van der Waals surface area (Å²) in [6.45, 7) is 7.55. The van der Waals surface area contributed by atoms with Crippen LogP contribution in [-0.2, 0) is 4.74 Å². The minimum atomic E-state index is 0.224. The molecular weight excluding hydrogens is 224 g/mol. The predicted octanol–water partition coefficient (Wildman–Crippen LogP) is 2.39. The Morgan fingerprint density at radius 2 is 1.89 bits per heavy atom. The highest BCUT2D eigenvalue weighted by Gasteiger charge is 2.40. The standard InChI is InChI=1S/C15H30N2O/c1-14(2)6-8-15(12-16,9-7-14)17(3)11-13-5-4-10-18-13/h13H,4-12,16H2,1-3H3. The summed E-state index contributed by atoms with van der Waals surface area (Å²) in [6.07, 6.45) is 7.94. The van der Waals surface area contributed by atoms with Crippen molar-refractivity contribution in [3.8, 4) is 0 Å². The van der Waals surface area contributed by atoms with Crippen molar-refractivity contribution in [2.24, 2.45) is 11.1 Å². The number of ether oxygens (including phenoxy) is 1. The molecular formula is C15H30N2O. The molecule has 0 bridgehead atoms. The Labute approximate surface area is 112 Å². The van der Waals surface area contributed by atoms with Gasteiger partial charge in [-0.3, -0.25) is 4.90 Å². The SMILES string of the molecule is CN(CC1CCCO1)C1(CN)CCC(C)(C)CC1. The van der Waals surface area contributed by atoms with E-state index in [-0.39, 0.29) is 5.54 Å². The Balaban J connectivity index is 1.94. The van der Waals surface area contributed by atoms with Crippen LogP contribution in [0, 0.1) is 5.41 Å². The minimum absolute atomic E-state index is 0.224. The lowest BCUT2D eigenvalue weighted by Gasteiger charge is -2.49. The summed E-state index contributed by atoms with van der Waals surface area (Å²) in [5, 5.41) is 0. The highest BCUT2D eigenvalue weighted by molar-refractivity contribution is 4.97. The first-order valence-corrected chi connectivity index (χ1v) is 7.50. The number of hydrogen-bond acceptors (Lipinski definition) is 3. The maximum absolute atomic E-state index is 6.12. The van der Waals surface area contributed by atoms with Gasteiger partial charge < -0.3 is 10.5 Å². The Bertz CT molecular complexity index is 262. The molecule has 3 nitrogen and oxygen atoms in total. The maximum atomic E-state index is 6.12. The molecule has 3 heteroatoms. The van der Waals surface area contributed by atoms with E-state index >= 15 is 0 Å². The van der Waals surface area contributed by atoms with Crippen LogP contribution in [0.25, 0.3) is 0 Å². The van der Waals surface area contributed by atoms with E-state index in [1.54, 1.807) is 0 Å². The molecule has 1 aliphatic heterocycles. The van der Waals surface area contributed by atoms with E-state index in [4.69, 9.17) is 10.5 Å². The second-order valence-corrected chi connectivity index (χ2v) is 7.11. The van der Waals surface area contributed by atoms with Gasteiger partial charge in [0.15, 0.2) is 0 Å². The first-order valence-electron chi connectivity index (χ1n) is 7.50. The van der Waals surface area contributed by atoms with E-state index in [0.717, 1.165) is 19.7 Å². The van der Waals surface area contributed by atoms with Gasteiger partial charge >= 0.3 is 0 Å². The molecule has 0 amide bonds. The number of nitrogens with zero attached hydrogens (tertiary/aromatic N) is 1. The molecule has 0 aromatic carbocycles. The summed E-state index contributed by atoms with van der Waals surface area (Å²) < 4.78 is 5.76. The van der Waals surface area contributed by atoms with Gasteiger partial charge in [-0.1, -0.05) is 13.8 Å². The van der Waals surface area contributed by atoms with Crippen LogP contribution in [0.1, 0.15) is 52.4 Å².